The first-order valence-electron chi connectivity index (χ1n) is 11.6. The average Bonchev–Trinajstić information content (AvgIpc) is 3.26. The van der Waals surface area contributed by atoms with Gasteiger partial charge in [0.15, 0.2) is 0 Å². The van der Waals surface area contributed by atoms with E-state index in [1.54, 1.807) is 20.8 Å². The number of halogens is 3. The Kier molecular flexibility index (Phi) is 7.12. The van der Waals surface area contributed by atoms with Gasteiger partial charge in [-0.15, -0.1) is 0 Å². The van der Waals surface area contributed by atoms with Crippen molar-refractivity contribution in [2.75, 3.05) is 50.0 Å². The summed E-state index contributed by atoms with van der Waals surface area (Å²) in [6, 6.07) is 2.13. The van der Waals surface area contributed by atoms with Crippen LogP contribution in [0.5, 0.6) is 5.88 Å². The van der Waals surface area contributed by atoms with Gasteiger partial charge in [0.2, 0.25) is 11.8 Å². The molecule has 0 aliphatic carbocycles. The molecular formula is C23H29F3N6O4. The lowest BCUT2D eigenvalue weighted by molar-refractivity contribution is -0.137. The molecular weight excluding hydrogens is 481 g/mol. The number of rotatable bonds is 4. The highest BCUT2D eigenvalue weighted by molar-refractivity contribution is 5.69. The first-order chi connectivity index (χ1) is 16.9. The van der Waals surface area contributed by atoms with Gasteiger partial charge in [0.05, 0.1) is 31.0 Å². The smallest absolute Gasteiger partial charge is 0.417 e. The van der Waals surface area contributed by atoms with Crippen molar-refractivity contribution in [3.05, 3.63) is 23.9 Å². The molecule has 13 heteroatoms. The zero-order valence-electron chi connectivity index (χ0n) is 20.3. The number of carbonyl (C=O) groups excluding carboxylic acids is 1. The van der Waals surface area contributed by atoms with Gasteiger partial charge >= 0.3 is 12.3 Å². The van der Waals surface area contributed by atoms with Crippen molar-refractivity contribution in [3.63, 3.8) is 0 Å². The number of amides is 1. The van der Waals surface area contributed by atoms with Gasteiger partial charge in [-0.25, -0.2) is 14.8 Å². The number of hydrogen-bond acceptors (Lipinski definition) is 9. The Morgan fingerprint density at radius 2 is 1.86 bits per heavy atom. The third-order valence-corrected chi connectivity index (χ3v) is 5.58. The maximum atomic E-state index is 13.8. The number of aromatic nitrogens is 3. The van der Waals surface area contributed by atoms with E-state index < -0.39 is 29.5 Å². The van der Waals surface area contributed by atoms with E-state index in [4.69, 9.17) is 19.9 Å². The zero-order chi connectivity index (χ0) is 26.1. The molecule has 0 bridgehead atoms. The molecule has 2 aliphatic rings. The number of nitrogens with two attached hydrogens (primary N) is 1. The van der Waals surface area contributed by atoms with Crippen LogP contribution >= 0.6 is 0 Å². The van der Waals surface area contributed by atoms with Gasteiger partial charge < -0.3 is 29.7 Å². The van der Waals surface area contributed by atoms with Gasteiger partial charge in [0.1, 0.15) is 17.5 Å². The second-order valence-electron chi connectivity index (χ2n) is 9.60. The lowest BCUT2D eigenvalue weighted by Crippen LogP contribution is -2.37. The largest absolute Gasteiger partial charge is 0.472 e. The van der Waals surface area contributed by atoms with Gasteiger partial charge in [0, 0.05) is 43.9 Å². The molecule has 10 nitrogen and oxygen atoms in total. The molecule has 2 N–H and O–H groups in total. The van der Waals surface area contributed by atoms with Crippen molar-refractivity contribution in [1.29, 1.82) is 0 Å². The minimum Gasteiger partial charge on any atom is -0.472 e. The third kappa shape index (κ3) is 6.25. The van der Waals surface area contributed by atoms with Crippen molar-refractivity contribution < 1.29 is 32.2 Å². The minimum atomic E-state index is -4.67. The van der Waals surface area contributed by atoms with Gasteiger partial charge in [-0.3, -0.25) is 0 Å². The quantitative estimate of drug-likeness (QED) is 0.661. The Labute approximate surface area is 206 Å². The Morgan fingerprint density at radius 3 is 2.53 bits per heavy atom. The van der Waals surface area contributed by atoms with E-state index in [0.29, 0.717) is 39.3 Å². The maximum Gasteiger partial charge on any atom is 0.417 e. The van der Waals surface area contributed by atoms with Crippen LogP contribution in [-0.4, -0.2) is 77.0 Å². The molecule has 0 radical (unpaired) electrons. The molecule has 4 heterocycles. The summed E-state index contributed by atoms with van der Waals surface area (Å²) >= 11 is 0. The summed E-state index contributed by atoms with van der Waals surface area (Å²) in [6.45, 7) is 7.87. The van der Waals surface area contributed by atoms with Crippen LogP contribution < -0.4 is 15.4 Å². The highest BCUT2D eigenvalue weighted by Crippen LogP contribution is 2.38. The van der Waals surface area contributed by atoms with Gasteiger partial charge in [-0.05, 0) is 26.8 Å². The molecule has 2 saturated heterocycles. The van der Waals surface area contributed by atoms with E-state index in [0.717, 1.165) is 12.3 Å². The maximum absolute atomic E-state index is 13.8. The summed E-state index contributed by atoms with van der Waals surface area (Å²) in [4.78, 5) is 28.5. The first-order valence-corrected chi connectivity index (χ1v) is 11.6. The lowest BCUT2D eigenvalue weighted by Gasteiger charge is -2.27. The highest BCUT2D eigenvalue weighted by atomic mass is 19.4. The van der Waals surface area contributed by atoms with Crippen LogP contribution in [0.2, 0.25) is 0 Å². The average molecular weight is 511 g/mol. The molecule has 2 aliphatic heterocycles. The summed E-state index contributed by atoms with van der Waals surface area (Å²) in [5.74, 6) is 0.0680. The van der Waals surface area contributed by atoms with Gasteiger partial charge in [0.25, 0.3) is 0 Å². The fraction of sp³-hybridized carbons (Fsp3) is 0.565. The Hall–Kier alpha value is -3.35. The van der Waals surface area contributed by atoms with Crippen LogP contribution in [0.15, 0.2) is 18.3 Å². The number of nitrogens with zero attached hydrogens (tertiary/aromatic N) is 5. The van der Waals surface area contributed by atoms with E-state index in [-0.39, 0.29) is 35.4 Å². The third-order valence-electron chi connectivity index (χ3n) is 5.58. The van der Waals surface area contributed by atoms with E-state index >= 15 is 0 Å². The van der Waals surface area contributed by atoms with Crippen LogP contribution in [0.1, 0.15) is 32.8 Å². The molecule has 196 valence electrons. The second-order valence-corrected chi connectivity index (χ2v) is 9.60. The number of ether oxygens (including phenoxy) is 3. The number of nitrogen functional groups attached to an aromatic ring is 1. The van der Waals surface area contributed by atoms with E-state index in [2.05, 4.69) is 15.0 Å². The number of carbonyl (C=O) groups is 1. The van der Waals surface area contributed by atoms with Crippen molar-refractivity contribution in [2.24, 2.45) is 0 Å². The molecule has 36 heavy (non-hydrogen) atoms. The molecule has 1 unspecified atom stereocenters. The summed E-state index contributed by atoms with van der Waals surface area (Å²) in [5.41, 5.74) is 3.71. The molecule has 2 aromatic heterocycles. The number of morpholine rings is 1. The van der Waals surface area contributed by atoms with Crippen molar-refractivity contribution >= 4 is 17.9 Å². The van der Waals surface area contributed by atoms with Gasteiger partial charge in [-0.2, -0.15) is 18.2 Å². The standard InChI is InChI=1S/C23H29F3N6O4/c1-22(2,3)36-21(33)32-5-4-14(13-32)35-19-11-17(29-20(30-19)31-6-8-34-9-7-31)15-12-28-18(27)10-16(15)23(24,25)26/h10-12,14H,4-9,13H2,1-3H3,(H2,27,28). The summed E-state index contributed by atoms with van der Waals surface area (Å²) < 4.78 is 58.2. The zero-order valence-corrected chi connectivity index (χ0v) is 20.3. The summed E-state index contributed by atoms with van der Waals surface area (Å²) in [7, 11) is 0. The highest BCUT2D eigenvalue weighted by Gasteiger charge is 2.36. The number of hydrogen-bond donors (Lipinski definition) is 1. The number of pyridine rings is 1. The SMILES string of the molecule is CC(C)(C)OC(=O)N1CCC(Oc2cc(-c3cnc(N)cc3C(F)(F)F)nc(N3CCOCC3)n2)C1. The Bertz CT molecular complexity index is 1100. The molecule has 0 spiro atoms. The molecule has 0 saturated carbocycles. The number of likely N-dealkylation sites (tertiary alicyclic amines) is 1. The van der Waals surface area contributed by atoms with Crippen LogP contribution in [0.25, 0.3) is 11.3 Å². The van der Waals surface area contributed by atoms with Crippen LogP contribution in [0, 0.1) is 0 Å². The lowest BCUT2D eigenvalue weighted by atomic mass is 10.1. The van der Waals surface area contributed by atoms with Crippen LogP contribution in [0.3, 0.4) is 0 Å². The van der Waals surface area contributed by atoms with E-state index in [9.17, 15) is 18.0 Å². The predicted molar refractivity (Wildman–Crippen MR) is 125 cm³/mol. The molecule has 0 aromatic carbocycles. The van der Waals surface area contributed by atoms with Crippen molar-refractivity contribution in [1.82, 2.24) is 19.9 Å². The van der Waals surface area contributed by atoms with Crippen LogP contribution in [-0.2, 0) is 15.7 Å². The Balaban J connectivity index is 1.63. The normalized spacial score (nSPS) is 18.9. The van der Waals surface area contributed by atoms with Gasteiger partial charge in [-0.1, -0.05) is 0 Å². The molecule has 4 rings (SSSR count). The van der Waals surface area contributed by atoms with E-state index in [1.807, 2.05) is 4.90 Å². The molecule has 1 atom stereocenters. The fourth-order valence-electron chi connectivity index (χ4n) is 3.91. The second kappa shape index (κ2) is 9.96. The van der Waals surface area contributed by atoms with Crippen LogP contribution in [0.4, 0.5) is 29.7 Å². The fourth-order valence-corrected chi connectivity index (χ4v) is 3.91. The summed E-state index contributed by atoms with van der Waals surface area (Å²) in [5, 5.41) is 0. The molecule has 1 amide bonds. The number of anilines is 2. The predicted octanol–water partition coefficient (Wildman–Crippen LogP) is 3.36. The minimum absolute atomic E-state index is 0.00307. The first kappa shape index (κ1) is 25.7. The van der Waals surface area contributed by atoms with Crippen molar-refractivity contribution in [2.45, 2.75) is 45.1 Å². The molecule has 2 fully saturated rings. The Morgan fingerprint density at radius 1 is 1.14 bits per heavy atom. The molecule has 2 aromatic rings. The number of alkyl halides is 3. The topological polar surface area (TPSA) is 116 Å². The van der Waals surface area contributed by atoms with E-state index in [1.165, 1.54) is 11.0 Å². The summed E-state index contributed by atoms with van der Waals surface area (Å²) in [6.07, 6.45) is -3.97. The monoisotopic (exact) mass is 510 g/mol. The van der Waals surface area contributed by atoms with Crippen molar-refractivity contribution in [3.8, 4) is 17.1 Å².